The Kier molecular flexibility index (Phi) is 7.35. The fourth-order valence-electron chi connectivity index (χ4n) is 4.35. The summed E-state index contributed by atoms with van der Waals surface area (Å²) in [5.41, 5.74) is 0.970. The number of aliphatic hydroxyl groups is 1. The van der Waals surface area contributed by atoms with Gasteiger partial charge in [-0.3, -0.25) is 4.90 Å². The van der Waals surface area contributed by atoms with Crippen molar-refractivity contribution in [2.24, 2.45) is 11.8 Å². The molecule has 2 amide bonds. The minimum atomic E-state index is -0.260. The maximum atomic E-state index is 12.4. The lowest BCUT2D eigenvalue weighted by Crippen LogP contribution is -2.45. The Bertz CT molecular complexity index is 620. The van der Waals surface area contributed by atoms with Crippen LogP contribution in [0, 0.1) is 25.7 Å². The zero-order valence-corrected chi connectivity index (χ0v) is 17.6. The van der Waals surface area contributed by atoms with Crippen molar-refractivity contribution in [1.82, 2.24) is 20.1 Å². The number of aliphatic hydroxyl groups excluding tert-OH is 1. The number of aryl methyl sites for hydroxylation is 2. The van der Waals surface area contributed by atoms with Gasteiger partial charge in [-0.15, -0.1) is 0 Å². The Morgan fingerprint density at radius 3 is 2.61 bits per heavy atom. The van der Waals surface area contributed by atoms with E-state index in [-0.39, 0.29) is 18.1 Å². The van der Waals surface area contributed by atoms with Crippen molar-refractivity contribution in [3.63, 3.8) is 0 Å². The smallest absolute Gasteiger partial charge is 0.317 e. The quantitative estimate of drug-likeness (QED) is 0.778. The van der Waals surface area contributed by atoms with Crippen LogP contribution in [0.4, 0.5) is 4.79 Å². The summed E-state index contributed by atoms with van der Waals surface area (Å²) in [4.78, 5) is 21.0. The molecule has 1 aliphatic heterocycles. The van der Waals surface area contributed by atoms with Crippen LogP contribution in [0.15, 0.2) is 4.42 Å². The summed E-state index contributed by atoms with van der Waals surface area (Å²) in [7, 11) is 1.83. The molecule has 0 aromatic carbocycles. The molecule has 2 aliphatic rings. The summed E-state index contributed by atoms with van der Waals surface area (Å²) in [5.74, 6) is 2.43. The molecule has 7 nitrogen and oxygen atoms in total. The molecule has 3 rings (SSSR count). The third-order valence-corrected chi connectivity index (χ3v) is 6.40. The molecule has 158 valence electrons. The second-order valence-electron chi connectivity index (χ2n) is 8.65. The second-order valence-corrected chi connectivity index (χ2v) is 8.65. The lowest BCUT2D eigenvalue weighted by molar-refractivity contribution is 0.0563. The van der Waals surface area contributed by atoms with Crippen LogP contribution >= 0.6 is 0 Å². The molecule has 1 aromatic heterocycles. The van der Waals surface area contributed by atoms with E-state index in [4.69, 9.17) is 4.42 Å². The van der Waals surface area contributed by atoms with Crippen LogP contribution in [0.3, 0.4) is 0 Å². The standard InChI is InChI=1S/C21H36N4O3/c1-15-16(2)28-20(23-15)14-25-10-8-17(9-11-25)12-22-21(27)24(3)13-18-6-4-5-7-19(18)26/h17-19,26H,4-14H2,1-3H3,(H,22,27). The number of likely N-dealkylation sites (tertiary alicyclic amines) is 1. The van der Waals surface area contributed by atoms with Gasteiger partial charge in [-0.2, -0.15) is 0 Å². The molecule has 1 saturated carbocycles. The van der Waals surface area contributed by atoms with Crippen LogP contribution in [0.1, 0.15) is 55.9 Å². The Hall–Kier alpha value is -1.60. The topological polar surface area (TPSA) is 81.8 Å². The van der Waals surface area contributed by atoms with Crippen molar-refractivity contribution in [2.75, 3.05) is 33.2 Å². The molecule has 2 fully saturated rings. The number of piperidine rings is 1. The van der Waals surface area contributed by atoms with Crippen molar-refractivity contribution in [2.45, 2.75) is 65.0 Å². The fraction of sp³-hybridized carbons (Fsp3) is 0.810. The number of carbonyl (C=O) groups excluding carboxylic acids is 1. The number of carbonyl (C=O) groups is 1. The van der Waals surface area contributed by atoms with E-state index in [0.717, 1.165) is 82.0 Å². The molecule has 0 bridgehead atoms. The normalized spacial score (nSPS) is 24.3. The lowest BCUT2D eigenvalue weighted by atomic mass is 9.86. The molecular formula is C21H36N4O3. The molecule has 2 unspecified atom stereocenters. The molecule has 2 N–H and O–H groups in total. The summed E-state index contributed by atoms with van der Waals surface area (Å²) >= 11 is 0. The van der Waals surface area contributed by atoms with Crippen LogP contribution in [-0.4, -0.2) is 65.3 Å². The molecule has 7 heteroatoms. The predicted octanol–water partition coefficient (Wildman–Crippen LogP) is 2.70. The SMILES string of the molecule is Cc1nc(CN2CCC(CNC(=O)N(C)CC3CCCCC3O)CC2)oc1C. The Morgan fingerprint density at radius 1 is 1.25 bits per heavy atom. The molecule has 1 saturated heterocycles. The highest BCUT2D eigenvalue weighted by Crippen LogP contribution is 2.25. The number of hydrogen-bond acceptors (Lipinski definition) is 5. The Morgan fingerprint density at radius 2 is 1.96 bits per heavy atom. The van der Waals surface area contributed by atoms with Gasteiger partial charge in [-0.1, -0.05) is 12.8 Å². The van der Waals surface area contributed by atoms with E-state index in [1.165, 1.54) is 0 Å². The van der Waals surface area contributed by atoms with E-state index in [9.17, 15) is 9.90 Å². The number of aromatic nitrogens is 1. The third kappa shape index (κ3) is 5.70. The maximum absolute atomic E-state index is 12.4. The molecule has 1 aromatic rings. The number of oxazole rings is 1. The number of nitrogens with one attached hydrogen (secondary N) is 1. The average Bonchev–Trinajstić information content (AvgIpc) is 2.99. The molecule has 0 radical (unpaired) electrons. The van der Waals surface area contributed by atoms with E-state index in [1.54, 1.807) is 4.90 Å². The van der Waals surface area contributed by atoms with Gasteiger partial charge < -0.3 is 19.7 Å². The summed E-state index contributed by atoms with van der Waals surface area (Å²) in [5, 5.41) is 13.2. The average molecular weight is 393 g/mol. The first-order valence-electron chi connectivity index (χ1n) is 10.7. The Labute approximate surface area is 168 Å². The highest BCUT2D eigenvalue weighted by Gasteiger charge is 2.26. The van der Waals surface area contributed by atoms with Gasteiger partial charge in [0.25, 0.3) is 0 Å². The summed E-state index contributed by atoms with van der Waals surface area (Å²) in [6.45, 7) is 8.06. The molecule has 2 atom stereocenters. The van der Waals surface area contributed by atoms with Gasteiger partial charge in [0.1, 0.15) is 5.76 Å². The van der Waals surface area contributed by atoms with Gasteiger partial charge >= 0.3 is 6.03 Å². The predicted molar refractivity (Wildman–Crippen MR) is 108 cm³/mol. The van der Waals surface area contributed by atoms with Crippen LogP contribution < -0.4 is 5.32 Å². The molecule has 2 heterocycles. The minimum absolute atomic E-state index is 0.0223. The summed E-state index contributed by atoms with van der Waals surface area (Å²) < 4.78 is 5.69. The van der Waals surface area contributed by atoms with Crippen LogP contribution in [-0.2, 0) is 6.54 Å². The van der Waals surface area contributed by atoms with E-state index >= 15 is 0 Å². The van der Waals surface area contributed by atoms with Gasteiger partial charge in [0.05, 0.1) is 18.3 Å². The number of amides is 2. The molecule has 0 spiro atoms. The summed E-state index contributed by atoms with van der Waals surface area (Å²) in [6, 6.07) is -0.0223. The zero-order valence-electron chi connectivity index (χ0n) is 17.6. The fourth-order valence-corrected chi connectivity index (χ4v) is 4.35. The molecule has 1 aliphatic carbocycles. The van der Waals surface area contributed by atoms with Gasteiger partial charge in [0.15, 0.2) is 0 Å². The number of hydrogen-bond donors (Lipinski definition) is 2. The number of rotatable bonds is 6. The first kappa shape index (κ1) is 21.1. The highest BCUT2D eigenvalue weighted by atomic mass is 16.4. The first-order chi connectivity index (χ1) is 13.4. The summed E-state index contributed by atoms with van der Waals surface area (Å²) in [6.07, 6.45) is 6.02. The van der Waals surface area contributed by atoms with Gasteiger partial charge in [0.2, 0.25) is 5.89 Å². The van der Waals surface area contributed by atoms with E-state index in [0.29, 0.717) is 12.5 Å². The maximum Gasteiger partial charge on any atom is 0.317 e. The van der Waals surface area contributed by atoms with Crippen LogP contribution in [0.2, 0.25) is 0 Å². The van der Waals surface area contributed by atoms with Crippen molar-refractivity contribution < 1.29 is 14.3 Å². The van der Waals surface area contributed by atoms with Crippen molar-refractivity contribution in [3.05, 3.63) is 17.3 Å². The second kappa shape index (κ2) is 9.74. The monoisotopic (exact) mass is 392 g/mol. The van der Waals surface area contributed by atoms with Gasteiger partial charge in [0, 0.05) is 26.1 Å². The minimum Gasteiger partial charge on any atom is -0.444 e. The van der Waals surface area contributed by atoms with E-state index < -0.39 is 0 Å². The zero-order chi connectivity index (χ0) is 20.1. The van der Waals surface area contributed by atoms with E-state index in [2.05, 4.69) is 15.2 Å². The van der Waals surface area contributed by atoms with Crippen molar-refractivity contribution >= 4 is 6.03 Å². The number of nitrogens with zero attached hydrogens (tertiary/aromatic N) is 3. The molecule has 28 heavy (non-hydrogen) atoms. The molecular weight excluding hydrogens is 356 g/mol. The van der Waals surface area contributed by atoms with Gasteiger partial charge in [-0.25, -0.2) is 9.78 Å². The van der Waals surface area contributed by atoms with Gasteiger partial charge in [-0.05, 0) is 58.5 Å². The lowest BCUT2D eigenvalue weighted by Gasteiger charge is -2.33. The van der Waals surface area contributed by atoms with Crippen LogP contribution in [0.25, 0.3) is 0 Å². The highest BCUT2D eigenvalue weighted by molar-refractivity contribution is 5.73. The van der Waals surface area contributed by atoms with Crippen LogP contribution in [0.5, 0.6) is 0 Å². The largest absolute Gasteiger partial charge is 0.444 e. The van der Waals surface area contributed by atoms with E-state index in [1.807, 2.05) is 20.9 Å². The first-order valence-corrected chi connectivity index (χ1v) is 10.7. The van der Waals surface area contributed by atoms with Crippen molar-refractivity contribution in [3.8, 4) is 0 Å². The Balaban J connectivity index is 1.34. The third-order valence-electron chi connectivity index (χ3n) is 6.40. The van der Waals surface area contributed by atoms with Crippen molar-refractivity contribution in [1.29, 1.82) is 0 Å². The number of urea groups is 1.